The Morgan fingerprint density at radius 3 is 2.42 bits per heavy atom. The molecule has 3 N–H and O–H groups in total. The minimum atomic E-state index is -0.806. The molecular weight excluding hydrogens is 240 g/mol. The SMILES string of the molecule is CCC(O)(CC)CNC(=O)NCc1ccccc1C. The van der Waals surface area contributed by atoms with E-state index in [9.17, 15) is 9.90 Å². The van der Waals surface area contributed by atoms with E-state index < -0.39 is 5.60 Å². The van der Waals surface area contributed by atoms with Crippen molar-refractivity contribution in [2.45, 2.75) is 45.8 Å². The molecule has 1 rings (SSSR count). The highest BCUT2D eigenvalue weighted by Gasteiger charge is 2.22. The monoisotopic (exact) mass is 264 g/mol. The van der Waals surface area contributed by atoms with Crippen LogP contribution in [0.25, 0.3) is 0 Å². The van der Waals surface area contributed by atoms with E-state index in [-0.39, 0.29) is 12.6 Å². The lowest BCUT2D eigenvalue weighted by atomic mass is 9.98. The molecule has 0 heterocycles. The van der Waals surface area contributed by atoms with Crippen LogP contribution in [0.5, 0.6) is 0 Å². The van der Waals surface area contributed by atoms with Crippen LogP contribution in [0.1, 0.15) is 37.8 Å². The third-order valence-corrected chi connectivity index (χ3v) is 3.59. The van der Waals surface area contributed by atoms with Crippen LogP contribution >= 0.6 is 0 Å². The third kappa shape index (κ3) is 4.91. The maximum Gasteiger partial charge on any atom is 0.315 e. The predicted octanol–water partition coefficient (Wildman–Crippen LogP) is 2.35. The number of nitrogens with one attached hydrogen (secondary N) is 2. The number of aliphatic hydroxyl groups is 1. The van der Waals surface area contributed by atoms with Gasteiger partial charge >= 0.3 is 6.03 Å². The molecule has 0 aliphatic carbocycles. The number of carbonyl (C=O) groups excluding carboxylic acids is 1. The molecular formula is C15H24N2O2. The molecule has 0 spiro atoms. The van der Waals surface area contributed by atoms with Crippen molar-refractivity contribution in [3.8, 4) is 0 Å². The summed E-state index contributed by atoms with van der Waals surface area (Å²) in [6.45, 7) is 6.61. The number of carbonyl (C=O) groups is 1. The van der Waals surface area contributed by atoms with Crippen LogP contribution in [0.2, 0.25) is 0 Å². The molecule has 4 nitrogen and oxygen atoms in total. The van der Waals surface area contributed by atoms with E-state index in [1.54, 1.807) is 0 Å². The number of amides is 2. The van der Waals surface area contributed by atoms with Gasteiger partial charge in [-0.15, -0.1) is 0 Å². The highest BCUT2D eigenvalue weighted by molar-refractivity contribution is 5.73. The largest absolute Gasteiger partial charge is 0.388 e. The van der Waals surface area contributed by atoms with Crippen LogP contribution in [0.3, 0.4) is 0 Å². The maximum atomic E-state index is 11.7. The lowest BCUT2D eigenvalue weighted by Crippen LogP contribution is -2.45. The Balaban J connectivity index is 2.39. The number of rotatable bonds is 6. The molecule has 0 aromatic heterocycles. The zero-order chi connectivity index (χ0) is 14.3. The quantitative estimate of drug-likeness (QED) is 0.738. The fraction of sp³-hybridized carbons (Fsp3) is 0.533. The smallest absolute Gasteiger partial charge is 0.315 e. The van der Waals surface area contributed by atoms with E-state index in [4.69, 9.17) is 0 Å². The van der Waals surface area contributed by atoms with Crippen LogP contribution < -0.4 is 10.6 Å². The molecule has 0 bridgehead atoms. The Hall–Kier alpha value is -1.55. The first-order valence-corrected chi connectivity index (χ1v) is 6.79. The van der Waals surface area contributed by atoms with E-state index >= 15 is 0 Å². The minimum Gasteiger partial charge on any atom is -0.388 e. The molecule has 4 heteroatoms. The topological polar surface area (TPSA) is 61.4 Å². The summed E-state index contributed by atoms with van der Waals surface area (Å²) in [7, 11) is 0. The van der Waals surface area contributed by atoms with Crippen molar-refractivity contribution in [1.82, 2.24) is 10.6 Å². The van der Waals surface area contributed by atoms with Gasteiger partial charge in [0.2, 0.25) is 0 Å². The number of hydrogen-bond acceptors (Lipinski definition) is 2. The minimum absolute atomic E-state index is 0.247. The Morgan fingerprint density at radius 1 is 1.21 bits per heavy atom. The zero-order valence-corrected chi connectivity index (χ0v) is 12.0. The second-order valence-electron chi connectivity index (χ2n) is 4.89. The molecule has 0 saturated carbocycles. The van der Waals surface area contributed by atoms with Gasteiger partial charge in [0, 0.05) is 13.1 Å². The Bertz CT molecular complexity index is 414. The van der Waals surface area contributed by atoms with Gasteiger partial charge in [-0.25, -0.2) is 4.79 Å². The number of urea groups is 1. The molecule has 0 atom stereocenters. The van der Waals surface area contributed by atoms with Crippen molar-refractivity contribution in [2.24, 2.45) is 0 Å². The zero-order valence-electron chi connectivity index (χ0n) is 12.0. The Kier molecular flexibility index (Phi) is 5.83. The van der Waals surface area contributed by atoms with Gasteiger partial charge in [0.25, 0.3) is 0 Å². The normalized spacial score (nSPS) is 11.2. The molecule has 106 valence electrons. The van der Waals surface area contributed by atoms with Gasteiger partial charge in [0.05, 0.1) is 5.60 Å². The van der Waals surface area contributed by atoms with Crippen LogP contribution in [-0.4, -0.2) is 23.3 Å². The van der Waals surface area contributed by atoms with Crippen molar-refractivity contribution in [1.29, 1.82) is 0 Å². The van der Waals surface area contributed by atoms with Crippen molar-refractivity contribution in [2.75, 3.05) is 6.54 Å². The average Bonchev–Trinajstić information content (AvgIpc) is 2.44. The van der Waals surface area contributed by atoms with Crippen molar-refractivity contribution in [3.05, 3.63) is 35.4 Å². The first-order valence-electron chi connectivity index (χ1n) is 6.79. The first kappa shape index (κ1) is 15.5. The van der Waals surface area contributed by atoms with Crippen LogP contribution in [0.4, 0.5) is 4.79 Å². The second kappa shape index (κ2) is 7.14. The fourth-order valence-electron chi connectivity index (χ4n) is 1.79. The second-order valence-corrected chi connectivity index (χ2v) is 4.89. The maximum absolute atomic E-state index is 11.7. The van der Waals surface area contributed by atoms with Crippen molar-refractivity contribution >= 4 is 6.03 Å². The van der Waals surface area contributed by atoms with Crippen molar-refractivity contribution < 1.29 is 9.90 Å². The highest BCUT2D eigenvalue weighted by Crippen LogP contribution is 2.12. The van der Waals surface area contributed by atoms with E-state index in [2.05, 4.69) is 10.6 Å². The summed E-state index contributed by atoms with van der Waals surface area (Å²) in [4.78, 5) is 11.7. The summed E-state index contributed by atoms with van der Waals surface area (Å²) in [5.41, 5.74) is 1.44. The molecule has 1 aromatic rings. The summed E-state index contributed by atoms with van der Waals surface area (Å²) in [5, 5.41) is 15.6. The van der Waals surface area contributed by atoms with E-state index in [1.165, 1.54) is 0 Å². The van der Waals surface area contributed by atoms with Gasteiger partial charge in [0.1, 0.15) is 0 Å². The lowest BCUT2D eigenvalue weighted by molar-refractivity contribution is 0.0349. The molecule has 2 amide bonds. The van der Waals surface area contributed by atoms with Crippen LogP contribution in [0.15, 0.2) is 24.3 Å². The third-order valence-electron chi connectivity index (χ3n) is 3.59. The molecule has 0 unspecified atom stereocenters. The molecule has 0 saturated heterocycles. The summed E-state index contributed by atoms with van der Waals surface area (Å²) >= 11 is 0. The molecule has 1 aromatic carbocycles. The van der Waals surface area contributed by atoms with Crippen LogP contribution in [-0.2, 0) is 6.54 Å². The van der Waals surface area contributed by atoms with Gasteiger partial charge in [-0.3, -0.25) is 0 Å². The number of hydrogen-bond donors (Lipinski definition) is 3. The number of benzene rings is 1. The van der Waals surface area contributed by atoms with Gasteiger partial charge < -0.3 is 15.7 Å². The first-order chi connectivity index (χ1) is 9.00. The van der Waals surface area contributed by atoms with E-state index in [0.717, 1.165) is 11.1 Å². The van der Waals surface area contributed by atoms with Crippen LogP contribution in [0, 0.1) is 6.92 Å². The average molecular weight is 264 g/mol. The van der Waals surface area contributed by atoms with Gasteiger partial charge in [0.15, 0.2) is 0 Å². The van der Waals surface area contributed by atoms with Gasteiger partial charge in [-0.1, -0.05) is 38.1 Å². The number of aryl methyl sites for hydroxylation is 1. The lowest BCUT2D eigenvalue weighted by Gasteiger charge is -2.25. The fourth-order valence-corrected chi connectivity index (χ4v) is 1.79. The van der Waals surface area contributed by atoms with Gasteiger partial charge in [-0.05, 0) is 30.9 Å². The van der Waals surface area contributed by atoms with Gasteiger partial charge in [-0.2, -0.15) is 0 Å². The Morgan fingerprint density at radius 2 is 1.84 bits per heavy atom. The summed E-state index contributed by atoms with van der Waals surface area (Å²) in [5.74, 6) is 0. The molecule has 0 aliphatic rings. The highest BCUT2D eigenvalue weighted by atomic mass is 16.3. The summed E-state index contributed by atoms with van der Waals surface area (Å²) < 4.78 is 0. The summed E-state index contributed by atoms with van der Waals surface area (Å²) in [6, 6.07) is 7.69. The molecule has 0 radical (unpaired) electrons. The molecule has 0 aliphatic heterocycles. The molecule has 19 heavy (non-hydrogen) atoms. The predicted molar refractivity (Wildman–Crippen MR) is 76.9 cm³/mol. The standard InChI is InChI=1S/C15H24N2O2/c1-4-15(19,5-2)11-17-14(18)16-10-13-9-7-6-8-12(13)3/h6-9,19H,4-5,10-11H2,1-3H3,(H2,16,17,18). The van der Waals surface area contributed by atoms with E-state index in [1.807, 2.05) is 45.0 Å². The Labute approximate surface area is 115 Å². The van der Waals surface area contributed by atoms with Crippen molar-refractivity contribution in [3.63, 3.8) is 0 Å². The van der Waals surface area contributed by atoms with E-state index in [0.29, 0.717) is 19.4 Å². The summed E-state index contributed by atoms with van der Waals surface area (Å²) in [6.07, 6.45) is 1.25. The molecule has 0 fully saturated rings.